The van der Waals surface area contributed by atoms with Crippen LogP contribution < -0.4 is 0 Å². The molecule has 2 heterocycles. The maximum atomic E-state index is 12.4. The SMILES string of the molecule is C=C(C(=O)OCC)C(OC(C)=O)C1OC(C)(Cc2ccccc2)OC1COC1CCCCO1. The van der Waals surface area contributed by atoms with E-state index >= 15 is 0 Å². The van der Waals surface area contributed by atoms with E-state index in [9.17, 15) is 9.59 Å². The molecule has 0 N–H and O–H groups in total. The van der Waals surface area contributed by atoms with Gasteiger partial charge in [0.15, 0.2) is 18.2 Å². The molecule has 0 saturated carbocycles. The first kappa shape index (κ1) is 25.4. The van der Waals surface area contributed by atoms with Gasteiger partial charge < -0.3 is 28.4 Å². The zero-order chi connectivity index (χ0) is 23.8. The van der Waals surface area contributed by atoms with Crippen molar-refractivity contribution >= 4 is 11.9 Å². The van der Waals surface area contributed by atoms with E-state index in [0.29, 0.717) is 13.0 Å². The van der Waals surface area contributed by atoms with Crippen LogP contribution in [-0.4, -0.2) is 62.1 Å². The van der Waals surface area contributed by atoms with Gasteiger partial charge in [-0.1, -0.05) is 36.9 Å². The van der Waals surface area contributed by atoms with Gasteiger partial charge in [0.25, 0.3) is 0 Å². The summed E-state index contributed by atoms with van der Waals surface area (Å²) in [4.78, 5) is 24.3. The fraction of sp³-hybridized carbons (Fsp3) is 0.600. The van der Waals surface area contributed by atoms with Gasteiger partial charge in [-0.3, -0.25) is 4.79 Å². The Kier molecular flexibility index (Phi) is 9.02. The van der Waals surface area contributed by atoms with Crippen LogP contribution in [0.1, 0.15) is 45.6 Å². The summed E-state index contributed by atoms with van der Waals surface area (Å²) in [5.41, 5.74) is 1.01. The van der Waals surface area contributed by atoms with Crippen LogP contribution in [0.5, 0.6) is 0 Å². The van der Waals surface area contributed by atoms with Gasteiger partial charge in [0.05, 0.1) is 18.8 Å². The Morgan fingerprint density at radius 1 is 1.21 bits per heavy atom. The largest absolute Gasteiger partial charge is 0.463 e. The second-order valence-corrected chi connectivity index (χ2v) is 8.44. The second kappa shape index (κ2) is 11.7. The molecule has 2 fully saturated rings. The van der Waals surface area contributed by atoms with Crippen molar-refractivity contribution < 1.29 is 38.0 Å². The van der Waals surface area contributed by atoms with Crippen LogP contribution in [0.3, 0.4) is 0 Å². The Hall–Kier alpha value is -2.26. The van der Waals surface area contributed by atoms with Crippen molar-refractivity contribution in [2.75, 3.05) is 19.8 Å². The van der Waals surface area contributed by atoms with Crippen molar-refractivity contribution in [1.82, 2.24) is 0 Å². The highest BCUT2D eigenvalue weighted by Gasteiger charge is 2.50. The van der Waals surface area contributed by atoms with E-state index in [1.165, 1.54) is 6.92 Å². The number of benzene rings is 1. The molecule has 0 spiro atoms. The van der Waals surface area contributed by atoms with Crippen molar-refractivity contribution in [1.29, 1.82) is 0 Å². The average Bonchev–Trinajstić information content (AvgIpc) is 3.12. The summed E-state index contributed by atoms with van der Waals surface area (Å²) in [7, 11) is 0. The van der Waals surface area contributed by atoms with E-state index in [4.69, 9.17) is 28.4 Å². The third-order valence-corrected chi connectivity index (χ3v) is 5.58. The average molecular weight is 463 g/mol. The first-order valence-electron chi connectivity index (χ1n) is 11.5. The quantitative estimate of drug-likeness (QED) is 0.386. The molecule has 2 aliphatic rings. The summed E-state index contributed by atoms with van der Waals surface area (Å²) in [5.74, 6) is -2.25. The molecule has 33 heavy (non-hydrogen) atoms. The monoisotopic (exact) mass is 462 g/mol. The van der Waals surface area contributed by atoms with Gasteiger partial charge in [0.1, 0.15) is 12.2 Å². The third kappa shape index (κ3) is 7.11. The molecule has 182 valence electrons. The number of carbonyl (C=O) groups is 2. The van der Waals surface area contributed by atoms with E-state index in [0.717, 1.165) is 24.8 Å². The normalized spacial score (nSPS) is 28.2. The molecule has 0 radical (unpaired) electrons. The molecule has 8 heteroatoms. The van der Waals surface area contributed by atoms with Crippen LogP contribution in [-0.2, 0) is 44.4 Å². The van der Waals surface area contributed by atoms with Gasteiger partial charge in [-0.05, 0) is 38.7 Å². The lowest BCUT2D eigenvalue weighted by Crippen LogP contribution is -2.44. The molecule has 2 saturated heterocycles. The minimum atomic E-state index is -1.08. The second-order valence-electron chi connectivity index (χ2n) is 8.44. The van der Waals surface area contributed by atoms with Gasteiger partial charge >= 0.3 is 11.9 Å². The lowest BCUT2D eigenvalue weighted by Gasteiger charge is -2.28. The summed E-state index contributed by atoms with van der Waals surface area (Å²) in [5, 5.41) is 0. The molecule has 5 unspecified atom stereocenters. The molecule has 2 aliphatic heterocycles. The first-order chi connectivity index (χ1) is 15.8. The molecule has 0 bridgehead atoms. The van der Waals surface area contributed by atoms with E-state index in [2.05, 4.69) is 6.58 Å². The Morgan fingerprint density at radius 2 is 1.97 bits per heavy atom. The zero-order valence-electron chi connectivity index (χ0n) is 19.6. The molecule has 8 nitrogen and oxygen atoms in total. The molecular formula is C25H34O8. The molecular weight excluding hydrogens is 428 g/mol. The fourth-order valence-corrected chi connectivity index (χ4v) is 4.11. The van der Waals surface area contributed by atoms with Crippen molar-refractivity contribution in [2.24, 2.45) is 0 Å². The zero-order valence-corrected chi connectivity index (χ0v) is 19.6. The van der Waals surface area contributed by atoms with Crippen molar-refractivity contribution in [3.8, 4) is 0 Å². The van der Waals surface area contributed by atoms with Crippen LogP contribution in [0.4, 0.5) is 0 Å². The van der Waals surface area contributed by atoms with Crippen LogP contribution in [0.25, 0.3) is 0 Å². The summed E-state index contributed by atoms with van der Waals surface area (Å²) in [6.45, 7) is 9.59. The topological polar surface area (TPSA) is 89.5 Å². The molecule has 0 aromatic heterocycles. The summed E-state index contributed by atoms with van der Waals surface area (Å²) >= 11 is 0. The summed E-state index contributed by atoms with van der Waals surface area (Å²) < 4.78 is 34.9. The van der Waals surface area contributed by atoms with E-state index < -0.39 is 36.0 Å². The summed E-state index contributed by atoms with van der Waals surface area (Å²) in [6.07, 6.45) is 0.431. The fourth-order valence-electron chi connectivity index (χ4n) is 4.11. The summed E-state index contributed by atoms with van der Waals surface area (Å²) in [6, 6.07) is 9.78. The maximum absolute atomic E-state index is 12.4. The minimum absolute atomic E-state index is 0.0106. The highest BCUT2D eigenvalue weighted by molar-refractivity contribution is 5.89. The lowest BCUT2D eigenvalue weighted by molar-refractivity contribution is -0.193. The van der Waals surface area contributed by atoms with E-state index in [1.54, 1.807) is 6.92 Å². The molecule has 0 amide bonds. The number of carbonyl (C=O) groups excluding carboxylic acids is 2. The standard InChI is InChI=1S/C25H34O8/c1-5-28-24(27)17(2)22(31-18(3)26)23-20(16-30-21-13-9-10-14-29-21)32-25(4,33-23)15-19-11-7-6-8-12-19/h6-8,11-12,20-23H,2,5,9-10,13-16H2,1,3-4H3. The number of ether oxygens (including phenoxy) is 6. The highest BCUT2D eigenvalue weighted by Crippen LogP contribution is 2.36. The Balaban J connectivity index is 1.82. The van der Waals surface area contributed by atoms with Gasteiger partial charge in [0.2, 0.25) is 0 Å². The van der Waals surface area contributed by atoms with Gasteiger partial charge in [0, 0.05) is 20.0 Å². The van der Waals surface area contributed by atoms with Crippen LogP contribution in [0, 0.1) is 0 Å². The number of hydrogen-bond donors (Lipinski definition) is 0. The van der Waals surface area contributed by atoms with Gasteiger partial charge in [-0.25, -0.2) is 4.79 Å². The molecule has 1 aromatic rings. The predicted molar refractivity (Wildman–Crippen MR) is 119 cm³/mol. The Labute approximate surface area is 195 Å². The Bertz CT molecular complexity index is 804. The van der Waals surface area contributed by atoms with Gasteiger partial charge in [-0.15, -0.1) is 0 Å². The van der Waals surface area contributed by atoms with Crippen LogP contribution >= 0.6 is 0 Å². The third-order valence-electron chi connectivity index (χ3n) is 5.58. The Morgan fingerprint density at radius 3 is 2.61 bits per heavy atom. The van der Waals surface area contributed by atoms with Crippen molar-refractivity contribution in [3.05, 3.63) is 48.0 Å². The first-order valence-corrected chi connectivity index (χ1v) is 11.5. The predicted octanol–water partition coefficient (Wildman–Crippen LogP) is 3.32. The highest BCUT2D eigenvalue weighted by atomic mass is 16.8. The molecule has 3 rings (SSSR count). The molecule has 0 aliphatic carbocycles. The van der Waals surface area contributed by atoms with E-state index in [-0.39, 0.29) is 25.1 Å². The minimum Gasteiger partial charge on any atom is -0.463 e. The van der Waals surface area contributed by atoms with Gasteiger partial charge in [-0.2, -0.15) is 0 Å². The van der Waals surface area contributed by atoms with Crippen LogP contribution in [0.15, 0.2) is 42.5 Å². The van der Waals surface area contributed by atoms with E-state index in [1.807, 2.05) is 37.3 Å². The number of rotatable bonds is 10. The number of esters is 2. The smallest absolute Gasteiger partial charge is 0.337 e. The molecule has 5 atom stereocenters. The molecule has 1 aromatic carbocycles. The maximum Gasteiger partial charge on any atom is 0.337 e. The van der Waals surface area contributed by atoms with Crippen molar-refractivity contribution in [3.63, 3.8) is 0 Å². The lowest BCUT2D eigenvalue weighted by atomic mass is 10.0. The van der Waals surface area contributed by atoms with Crippen LogP contribution in [0.2, 0.25) is 0 Å². The number of hydrogen-bond acceptors (Lipinski definition) is 8. The van der Waals surface area contributed by atoms with Crippen molar-refractivity contribution in [2.45, 2.75) is 76.8 Å².